The van der Waals surface area contributed by atoms with Crippen LogP contribution in [0.25, 0.3) is 0 Å². The van der Waals surface area contributed by atoms with Gasteiger partial charge in [0.05, 0.1) is 12.2 Å². The first-order valence-corrected chi connectivity index (χ1v) is 21.9. The second-order valence-corrected chi connectivity index (χ2v) is 26.3. The Balaban J connectivity index is 1.91. The Kier molecular flexibility index (Phi) is 10.2. The molecular weight excluding hydrogens is 525 g/mol. The van der Waals surface area contributed by atoms with Crippen molar-refractivity contribution < 1.29 is 13.6 Å². The second-order valence-electron chi connectivity index (χ2n) is 16.8. The van der Waals surface area contributed by atoms with Crippen LogP contribution >= 0.6 is 0 Å². The Morgan fingerprint density at radius 1 is 0.950 bits per heavy atom. The number of carbonyl (C=O) groups excluding carboxylic acids is 1. The lowest BCUT2D eigenvalue weighted by atomic mass is 9.61. The quantitative estimate of drug-likeness (QED) is 0.161. The van der Waals surface area contributed by atoms with Gasteiger partial charge in [-0.15, -0.1) is 0 Å². The fourth-order valence-corrected chi connectivity index (χ4v) is 9.82. The van der Waals surface area contributed by atoms with Crippen LogP contribution in [0.1, 0.15) is 107 Å². The van der Waals surface area contributed by atoms with Gasteiger partial charge in [0.15, 0.2) is 16.6 Å². The number of aldehydes is 1. The van der Waals surface area contributed by atoms with Crippen molar-refractivity contribution in [3.8, 4) is 0 Å². The zero-order valence-corrected chi connectivity index (χ0v) is 30.2. The maximum absolute atomic E-state index is 11.3. The van der Waals surface area contributed by atoms with Crippen molar-refractivity contribution in [2.75, 3.05) is 0 Å². The summed E-state index contributed by atoms with van der Waals surface area (Å²) >= 11 is 0. The molecule has 0 saturated heterocycles. The molecule has 3 nitrogen and oxygen atoms in total. The van der Waals surface area contributed by atoms with Crippen molar-refractivity contribution in [2.24, 2.45) is 23.2 Å². The molecule has 0 aromatic heterocycles. The molecule has 0 aliphatic heterocycles. The third-order valence-electron chi connectivity index (χ3n) is 11.9. The van der Waals surface area contributed by atoms with E-state index in [-0.39, 0.29) is 22.3 Å². The van der Waals surface area contributed by atoms with Crippen molar-refractivity contribution in [1.29, 1.82) is 0 Å². The molecule has 0 heterocycles. The first kappa shape index (κ1) is 33.7. The highest BCUT2D eigenvalue weighted by molar-refractivity contribution is 6.74. The third-order valence-corrected chi connectivity index (χ3v) is 20.9. The highest BCUT2D eigenvalue weighted by Gasteiger charge is 2.50. The van der Waals surface area contributed by atoms with Gasteiger partial charge in [-0.3, -0.25) is 0 Å². The van der Waals surface area contributed by atoms with Crippen LogP contribution in [0.4, 0.5) is 0 Å². The summed E-state index contributed by atoms with van der Waals surface area (Å²) in [5.74, 6) is 1.78. The van der Waals surface area contributed by atoms with E-state index in [1.54, 1.807) is 5.57 Å². The van der Waals surface area contributed by atoms with E-state index >= 15 is 0 Å². The zero-order valence-electron chi connectivity index (χ0n) is 28.2. The van der Waals surface area contributed by atoms with Crippen molar-refractivity contribution in [3.63, 3.8) is 0 Å². The van der Waals surface area contributed by atoms with E-state index in [4.69, 9.17) is 8.85 Å². The van der Waals surface area contributed by atoms with Gasteiger partial charge >= 0.3 is 0 Å². The SMILES string of the molecule is C=C1[C@H](O[Si](C)(C)C(C)(C)C)CC(=CC=C2CCC[C@@]3(C)C2CCC3[C@H](C)CC=O)C[C@H]1O[Si](C)(C)C(C)(C)C. The first-order chi connectivity index (χ1) is 18.2. The molecule has 6 atom stereocenters. The molecule has 3 aliphatic carbocycles. The Labute approximate surface area is 249 Å². The summed E-state index contributed by atoms with van der Waals surface area (Å²) in [6.07, 6.45) is 14.9. The molecule has 0 aromatic rings. The smallest absolute Gasteiger partial charge is 0.192 e. The normalized spacial score (nSPS) is 32.2. The highest BCUT2D eigenvalue weighted by atomic mass is 28.4. The van der Waals surface area contributed by atoms with Gasteiger partial charge in [-0.2, -0.15) is 0 Å². The van der Waals surface area contributed by atoms with Crippen LogP contribution in [0.5, 0.6) is 0 Å². The van der Waals surface area contributed by atoms with Gasteiger partial charge in [-0.05, 0) is 110 Å². The largest absolute Gasteiger partial charge is 0.410 e. The standard InChI is InChI=1S/C35H62O3Si2/c1-25(20-22-36)29-18-19-30-28(15-14-21-35(29,30)9)17-16-27-23-31(37-39(10,11)33(3,4)5)26(2)32(24-27)38-40(12,13)34(6,7)8/h16-17,22,25,29-32H,2,14-15,18-21,23-24H2,1,3-13H3/t25-,29?,30?,31-,32-,35-/m1/s1. The number of rotatable bonds is 8. The summed E-state index contributed by atoms with van der Waals surface area (Å²) in [7, 11) is -3.94. The molecule has 0 N–H and O–H groups in total. The monoisotopic (exact) mass is 586 g/mol. The average molecular weight is 587 g/mol. The second kappa shape index (κ2) is 12.1. The fraction of sp³-hybridized carbons (Fsp3) is 0.800. The Hall–Kier alpha value is -0.756. The maximum Gasteiger partial charge on any atom is 0.192 e. The van der Waals surface area contributed by atoms with Crippen LogP contribution < -0.4 is 0 Å². The minimum Gasteiger partial charge on any atom is -0.410 e. The van der Waals surface area contributed by atoms with Crippen molar-refractivity contribution >= 4 is 22.9 Å². The Morgan fingerprint density at radius 2 is 1.48 bits per heavy atom. The number of carbonyl (C=O) groups is 1. The topological polar surface area (TPSA) is 35.5 Å². The number of hydrogen-bond acceptors (Lipinski definition) is 3. The summed E-state index contributed by atoms with van der Waals surface area (Å²) in [4.78, 5) is 11.3. The van der Waals surface area contributed by atoms with Gasteiger partial charge in [-0.1, -0.05) is 85.3 Å². The molecule has 0 aromatic carbocycles. The van der Waals surface area contributed by atoms with E-state index in [0.29, 0.717) is 29.6 Å². The summed E-state index contributed by atoms with van der Waals surface area (Å²) in [6.45, 7) is 32.8. The summed E-state index contributed by atoms with van der Waals surface area (Å²) in [6, 6.07) is 0. The average Bonchev–Trinajstić information content (AvgIpc) is 3.16. The fourth-order valence-electron chi connectivity index (χ4n) is 7.22. The van der Waals surface area contributed by atoms with Gasteiger partial charge < -0.3 is 13.6 Å². The van der Waals surface area contributed by atoms with E-state index in [2.05, 4.69) is 100 Å². The minimum atomic E-state index is -1.97. The van der Waals surface area contributed by atoms with Crippen LogP contribution in [0, 0.1) is 23.2 Å². The summed E-state index contributed by atoms with van der Waals surface area (Å²) in [5, 5.41) is 0.303. The van der Waals surface area contributed by atoms with Gasteiger partial charge in [0.25, 0.3) is 0 Å². The number of hydrogen-bond donors (Lipinski definition) is 0. The molecule has 0 amide bonds. The van der Waals surface area contributed by atoms with Crippen LogP contribution in [-0.4, -0.2) is 35.1 Å². The Bertz CT molecular complexity index is 951. The Morgan fingerprint density at radius 3 is 1.95 bits per heavy atom. The van der Waals surface area contributed by atoms with Gasteiger partial charge in [0, 0.05) is 6.42 Å². The molecule has 0 spiro atoms. The lowest BCUT2D eigenvalue weighted by molar-refractivity contribution is -0.109. The van der Waals surface area contributed by atoms with E-state index in [9.17, 15) is 4.79 Å². The van der Waals surface area contributed by atoms with Crippen LogP contribution in [0.2, 0.25) is 36.3 Å². The highest BCUT2D eigenvalue weighted by Crippen LogP contribution is 2.59. The molecule has 3 aliphatic rings. The van der Waals surface area contributed by atoms with Crippen molar-refractivity contribution in [1.82, 2.24) is 0 Å². The lowest BCUT2D eigenvalue weighted by Gasteiger charge is -2.46. The van der Waals surface area contributed by atoms with E-state index in [0.717, 1.165) is 24.7 Å². The predicted octanol–water partition coefficient (Wildman–Crippen LogP) is 10.4. The molecule has 5 heteroatoms. The first-order valence-electron chi connectivity index (χ1n) is 16.1. The molecule has 0 radical (unpaired) electrons. The van der Waals surface area contributed by atoms with Crippen LogP contribution in [0.3, 0.4) is 0 Å². The summed E-state index contributed by atoms with van der Waals surface area (Å²) < 4.78 is 14.1. The van der Waals surface area contributed by atoms with Gasteiger partial charge in [0.1, 0.15) is 6.29 Å². The zero-order chi connectivity index (χ0) is 30.3. The van der Waals surface area contributed by atoms with Gasteiger partial charge in [0.2, 0.25) is 0 Å². The molecule has 3 saturated carbocycles. The van der Waals surface area contributed by atoms with E-state index < -0.39 is 16.6 Å². The lowest BCUT2D eigenvalue weighted by Crippen LogP contribution is -2.49. The molecule has 2 unspecified atom stereocenters. The number of allylic oxidation sites excluding steroid dienone is 3. The van der Waals surface area contributed by atoms with Crippen molar-refractivity contribution in [2.45, 2.75) is 155 Å². The molecule has 3 fully saturated rings. The molecular formula is C35H62O3Si2. The van der Waals surface area contributed by atoms with Crippen LogP contribution in [0.15, 0.2) is 35.5 Å². The van der Waals surface area contributed by atoms with Crippen molar-refractivity contribution in [3.05, 3.63) is 35.5 Å². The third kappa shape index (κ3) is 7.06. The van der Waals surface area contributed by atoms with E-state index in [1.165, 1.54) is 37.7 Å². The molecule has 3 rings (SSSR count). The van der Waals surface area contributed by atoms with Gasteiger partial charge in [-0.25, -0.2) is 0 Å². The minimum absolute atomic E-state index is 0.0192. The molecule has 40 heavy (non-hydrogen) atoms. The molecule has 228 valence electrons. The number of fused-ring (bicyclic) bond motifs is 1. The van der Waals surface area contributed by atoms with Crippen LogP contribution in [-0.2, 0) is 13.6 Å². The summed E-state index contributed by atoms with van der Waals surface area (Å²) in [5.41, 5.74) is 4.56. The molecule has 0 bridgehead atoms. The maximum atomic E-state index is 11.3. The van der Waals surface area contributed by atoms with E-state index in [1.807, 2.05) is 0 Å². The predicted molar refractivity (Wildman–Crippen MR) is 177 cm³/mol.